The lowest BCUT2D eigenvalue weighted by Crippen LogP contribution is -2.48. The molecule has 1 aliphatic carbocycles. The quantitative estimate of drug-likeness (QED) is 0.751. The molecule has 1 aliphatic heterocycles. The Morgan fingerprint density at radius 2 is 1.84 bits per heavy atom. The molecule has 8 nitrogen and oxygen atoms in total. The summed E-state index contributed by atoms with van der Waals surface area (Å²) < 4.78 is 42.7. The smallest absolute Gasteiger partial charge is 0.421 e. The minimum Gasteiger partial charge on any atom is -0.452 e. The fraction of sp³-hybridized carbons (Fsp3) is 0.900. The maximum atomic E-state index is 11.6. The lowest BCUT2D eigenvalue weighted by molar-refractivity contribution is -0.178. The second kappa shape index (κ2) is 5.61. The van der Waals surface area contributed by atoms with Crippen LogP contribution < -0.4 is 9.44 Å². The lowest BCUT2D eigenvalue weighted by atomic mass is 9.91. The molecule has 0 radical (unpaired) electrons. The predicted octanol–water partition coefficient (Wildman–Crippen LogP) is -0.137. The summed E-state index contributed by atoms with van der Waals surface area (Å²) in [5.74, 6) is -0.530. The molecule has 110 valence electrons. The zero-order valence-corrected chi connectivity index (χ0v) is 11.5. The van der Waals surface area contributed by atoms with Gasteiger partial charge in [-0.3, -0.25) is 0 Å². The summed E-state index contributed by atoms with van der Waals surface area (Å²) in [6, 6.07) is -0.236. The van der Waals surface area contributed by atoms with Gasteiger partial charge in [0, 0.05) is 18.9 Å². The van der Waals surface area contributed by atoms with E-state index in [1.807, 2.05) is 0 Å². The molecule has 2 N–H and O–H groups in total. The van der Waals surface area contributed by atoms with Crippen LogP contribution in [-0.4, -0.2) is 46.7 Å². The van der Waals surface area contributed by atoms with Crippen molar-refractivity contribution in [3.05, 3.63) is 0 Å². The Morgan fingerprint density at radius 1 is 1.26 bits per heavy atom. The van der Waals surface area contributed by atoms with E-state index in [0.717, 1.165) is 7.11 Å². The van der Waals surface area contributed by atoms with Gasteiger partial charge in [0.2, 0.25) is 0 Å². The molecule has 19 heavy (non-hydrogen) atoms. The highest BCUT2D eigenvalue weighted by molar-refractivity contribution is 7.88. The molecule has 2 aliphatic rings. The molecule has 9 heteroatoms. The molecule has 0 atom stereocenters. The highest BCUT2D eigenvalue weighted by atomic mass is 32.2. The molecule has 1 saturated carbocycles. The van der Waals surface area contributed by atoms with Gasteiger partial charge in [-0.2, -0.15) is 13.1 Å². The molecule has 0 aromatic rings. The molecule has 1 amide bonds. The first-order valence-corrected chi connectivity index (χ1v) is 7.59. The van der Waals surface area contributed by atoms with Crippen molar-refractivity contribution in [2.24, 2.45) is 0 Å². The van der Waals surface area contributed by atoms with E-state index < -0.39 is 22.1 Å². The van der Waals surface area contributed by atoms with Crippen LogP contribution >= 0.6 is 0 Å². The van der Waals surface area contributed by atoms with Gasteiger partial charge in [0.15, 0.2) is 5.79 Å². The van der Waals surface area contributed by atoms with Gasteiger partial charge in [0.25, 0.3) is 0 Å². The first kappa shape index (κ1) is 14.5. The molecule has 1 heterocycles. The van der Waals surface area contributed by atoms with Crippen molar-refractivity contribution in [2.45, 2.75) is 37.5 Å². The fourth-order valence-corrected chi connectivity index (χ4v) is 3.40. The summed E-state index contributed by atoms with van der Waals surface area (Å²) in [6.45, 7) is 1.17. The average molecular weight is 294 g/mol. The standard InChI is InChI=1S/C10H18N2O6S/c1-16-9(13)12-19(14,15)11-8-2-4-10(5-3-8)17-6-7-18-10/h8,11H,2-7H2,1H3,(H,12,13). The number of nitrogens with one attached hydrogen (secondary N) is 2. The average Bonchev–Trinajstić information content (AvgIpc) is 2.80. The molecule has 1 spiro atoms. The largest absolute Gasteiger partial charge is 0.452 e. The number of ether oxygens (including phenoxy) is 3. The maximum absolute atomic E-state index is 11.6. The van der Waals surface area contributed by atoms with E-state index in [1.54, 1.807) is 4.72 Å². The number of amides is 1. The zero-order chi connectivity index (χ0) is 13.9. The molecule has 0 aromatic carbocycles. The third-order valence-electron chi connectivity index (χ3n) is 3.29. The molecule has 2 rings (SSSR count). The third kappa shape index (κ3) is 3.78. The van der Waals surface area contributed by atoms with Crippen LogP contribution in [0.25, 0.3) is 0 Å². The summed E-state index contributed by atoms with van der Waals surface area (Å²) in [7, 11) is -2.78. The van der Waals surface area contributed by atoms with E-state index in [-0.39, 0.29) is 6.04 Å². The van der Waals surface area contributed by atoms with Gasteiger partial charge in [-0.25, -0.2) is 9.52 Å². The Balaban J connectivity index is 1.83. The number of hydrogen-bond acceptors (Lipinski definition) is 6. The van der Waals surface area contributed by atoms with Crippen LogP contribution in [0, 0.1) is 0 Å². The van der Waals surface area contributed by atoms with Crippen LogP contribution in [0.2, 0.25) is 0 Å². The monoisotopic (exact) mass is 294 g/mol. The topological polar surface area (TPSA) is 103 Å². The SMILES string of the molecule is COC(=O)NS(=O)(=O)NC1CCC2(CC1)OCCO2. The van der Waals surface area contributed by atoms with Crippen LogP contribution in [-0.2, 0) is 24.4 Å². The molecule has 1 saturated heterocycles. The van der Waals surface area contributed by atoms with Crippen LogP contribution in [0.5, 0.6) is 0 Å². The number of rotatable bonds is 3. The highest BCUT2D eigenvalue weighted by Crippen LogP contribution is 2.35. The normalized spacial score (nSPS) is 23.4. The molecule has 0 bridgehead atoms. The molecular formula is C10H18N2O6S. The second-order valence-corrected chi connectivity index (χ2v) is 6.04. The summed E-state index contributed by atoms with van der Waals surface area (Å²) in [5, 5.41) is 0. The number of hydrogen-bond donors (Lipinski definition) is 2. The van der Waals surface area contributed by atoms with E-state index >= 15 is 0 Å². The van der Waals surface area contributed by atoms with Crippen LogP contribution in [0.1, 0.15) is 25.7 Å². The van der Waals surface area contributed by atoms with Gasteiger partial charge in [-0.05, 0) is 12.8 Å². The van der Waals surface area contributed by atoms with Crippen LogP contribution in [0.3, 0.4) is 0 Å². The van der Waals surface area contributed by atoms with Crippen molar-refractivity contribution in [2.75, 3.05) is 20.3 Å². The van der Waals surface area contributed by atoms with E-state index in [2.05, 4.69) is 9.46 Å². The first-order valence-electron chi connectivity index (χ1n) is 6.11. The highest BCUT2D eigenvalue weighted by Gasteiger charge is 2.41. The van der Waals surface area contributed by atoms with Gasteiger partial charge in [-0.1, -0.05) is 0 Å². The maximum Gasteiger partial charge on any atom is 0.421 e. The van der Waals surface area contributed by atoms with E-state index in [4.69, 9.17) is 9.47 Å². The van der Waals surface area contributed by atoms with Crippen molar-refractivity contribution in [1.82, 2.24) is 9.44 Å². The van der Waals surface area contributed by atoms with Crippen LogP contribution in [0.4, 0.5) is 4.79 Å². The molecule has 2 fully saturated rings. The van der Waals surface area contributed by atoms with Gasteiger partial charge in [0.05, 0.1) is 20.3 Å². The second-order valence-electron chi connectivity index (χ2n) is 4.60. The third-order valence-corrected chi connectivity index (χ3v) is 4.36. The lowest BCUT2D eigenvalue weighted by Gasteiger charge is -2.35. The predicted molar refractivity (Wildman–Crippen MR) is 64.5 cm³/mol. The Labute approximate surface area is 112 Å². The fourth-order valence-electron chi connectivity index (χ4n) is 2.36. The van der Waals surface area contributed by atoms with Gasteiger partial charge >= 0.3 is 16.3 Å². The molecular weight excluding hydrogens is 276 g/mol. The molecule has 0 unspecified atom stereocenters. The summed E-state index contributed by atoms with van der Waals surface area (Å²) in [5.41, 5.74) is 0. The van der Waals surface area contributed by atoms with Crippen molar-refractivity contribution in [1.29, 1.82) is 0 Å². The van der Waals surface area contributed by atoms with E-state index in [0.29, 0.717) is 38.9 Å². The van der Waals surface area contributed by atoms with Gasteiger partial charge in [0.1, 0.15) is 0 Å². The number of carbonyl (C=O) groups is 1. The van der Waals surface area contributed by atoms with Crippen molar-refractivity contribution in [3.8, 4) is 0 Å². The molecule has 0 aromatic heterocycles. The summed E-state index contributed by atoms with van der Waals surface area (Å²) in [6.07, 6.45) is 1.46. The minimum absolute atomic E-state index is 0.236. The number of carbonyl (C=O) groups excluding carboxylic acids is 1. The van der Waals surface area contributed by atoms with Crippen molar-refractivity contribution < 1.29 is 27.4 Å². The van der Waals surface area contributed by atoms with Crippen LogP contribution in [0.15, 0.2) is 0 Å². The number of methoxy groups -OCH3 is 1. The van der Waals surface area contributed by atoms with E-state index in [9.17, 15) is 13.2 Å². The van der Waals surface area contributed by atoms with Gasteiger partial charge in [-0.15, -0.1) is 0 Å². The summed E-state index contributed by atoms with van der Waals surface area (Å²) in [4.78, 5) is 10.9. The Hall–Kier alpha value is -0.900. The Kier molecular flexibility index (Phi) is 4.29. The van der Waals surface area contributed by atoms with E-state index in [1.165, 1.54) is 0 Å². The van der Waals surface area contributed by atoms with Gasteiger partial charge < -0.3 is 14.2 Å². The zero-order valence-electron chi connectivity index (χ0n) is 10.7. The first-order chi connectivity index (χ1) is 8.95. The Bertz CT molecular complexity index is 421. The van der Waals surface area contributed by atoms with Crippen molar-refractivity contribution >= 4 is 16.3 Å². The Morgan fingerprint density at radius 3 is 2.37 bits per heavy atom. The summed E-state index contributed by atoms with van der Waals surface area (Å²) >= 11 is 0. The van der Waals surface area contributed by atoms with Crippen molar-refractivity contribution in [3.63, 3.8) is 0 Å². The minimum atomic E-state index is -3.88.